The SMILES string of the molecule is Cc1cc(-c2noc(-c3scc(CC(C)C)c3C)n2)cc(C)c1OC[C@@H](O)CNC(=O)CO. The molecular formula is C24H31N3O5S. The van der Waals surface area contributed by atoms with E-state index < -0.39 is 18.6 Å². The van der Waals surface area contributed by atoms with E-state index in [4.69, 9.17) is 14.4 Å². The van der Waals surface area contributed by atoms with Crippen molar-refractivity contribution < 1.29 is 24.3 Å². The van der Waals surface area contributed by atoms with Gasteiger partial charge in [-0.05, 0) is 72.9 Å². The highest BCUT2D eigenvalue weighted by Gasteiger charge is 2.19. The van der Waals surface area contributed by atoms with E-state index in [0.717, 1.165) is 28.0 Å². The van der Waals surface area contributed by atoms with Crippen LogP contribution in [-0.4, -0.2) is 52.1 Å². The molecule has 33 heavy (non-hydrogen) atoms. The fraction of sp³-hybridized carbons (Fsp3) is 0.458. The van der Waals surface area contributed by atoms with E-state index in [1.807, 2.05) is 26.0 Å². The summed E-state index contributed by atoms with van der Waals surface area (Å²) in [5.41, 5.74) is 5.06. The highest BCUT2D eigenvalue weighted by molar-refractivity contribution is 7.13. The fourth-order valence-electron chi connectivity index (χ4n) is 3.57. The van der Waals surface area contributed by atoms with Crippen molar-refractivity contribution in [2.75, 3.05) is 19.8 Å². The zero-order valence-corrected chi connectivity index (χ0v) is 20.5. The molecule has 0 aliphatic rings. The molecule has 0 spiro atoms. The van der Waals surface area contributed by atoms with Crippen LogP contribution >= 0.6 is 11.3 Å². The van der Waals surface area contributed by atoms with Crippen molar-refractivity contribution >= 4 is 17.2 Å². The molecule has 0 fully saturated rings. The molecule has 0 bridgehead atoms. The van der Waals surface area contributed by atoms with Crippen LogP contribution in [0, 0.1) is 26.7 Å². The van der Waals surface area contributed by atoms with Gasteiger partial charge < -0.3 is 24.8 Å². The second kappa shape index (κ2) is 10.9. The van der Waals surface area contributed by atoms with Gasteiger partial charge in [-0.15, -0.1) is 11.3 Å². The lowest BCUT2D eigenvalue weighted by Gasteiger charge is -2.16. The molecule has 0 saturated heterocycles. The maximum atomic E-state index is 11.1. The Balaban J connectivity index is 1.72. The lowest BCUT2D eigenvalue weighted by atomic mass is 10.0. The van der Waals surface area contributed by atoms with E-state index in [2.05, 4.69) is 41.6 Å². The number of benzene rings is 1. The summed E-state index contributed by atoms with van der Waals surface area (Å²) in [7, 11) is 0. The quantitative estimate of drug-likeness (QED) is 0.413. The Labute approximate surface area is 197 Å². The standard InChI is InChI=1S/C24H31N3O5S/c1-13(2)6-18-12-33-22(16(18)5)24-26-23(27-32-24)17-7-14(3)21(15(4)8-17)31-11-19(29)9-25-20(30)10-28/h7-8,12-13,19,28-29H,6,9-11H2,1-5H3,(H,25,30)/t19-/m0/s1. The van der Waals surface area contributed by atoms with E-state index in [-0.39, 0.29) is 13.2 Å². The molecule has 0 saturated carbocycles. The Morgan fingerprint density at radius 3 is 2.58 bits per heavy atom. The molecule has 2 heterocycles. The number of aliphatic hydroxyl groups excluding tert-OH is 2. The van der Waals surface area contributed by atoms with Crippen LogP contribution in [-0.2, 0) is 11.2 Å². The molecule has 3 N–H and O–H groups in total. The van der Waals surface area contributed by atoms with Crippen LogP contribution in [0.4, 0.5) is 0 Å². The first kappa shape index (κ1) is 24.9. The van der Waals surface area contributed by atoms with Crippen LogP contribution in [0.25, 0.3) is 22.2 Å². The van der Waals surface area contributed by atoms with Gasteiger partial charge in [0.2, 0.25) is 11.7 Å². The molecule has 1 amide bonds. The monoisotopic (exact) mass is 473 g/mol. The molecule has 3 rings (SSSR count). The number of hydrogen-bond donors (Lipinski definition) is 3. The number of amides is 1. The topological polar surface area (TPSA) is 118 Å². The molecule has 0 radical (unpaired) electrons. The predicted octanol–water partition coefficient (Wildman–Crippen LogP) is 3.44. The number of nitrogens with zero attached hydrogens (tertiary/aromatic N) is 2. The Kier molecular flexibility index (Phi) is 8.23. The number of aryl methyl sites for hydroxylation is 2. The number of carbonyl (C=O) groups is 1. The fourth-order valence-corrected chi connectivity index (χ4v) is 4.60. The molecule has 1 aromatic carbocycles. The highest BCUT2D eigenvalue weighted by Crippen LogP contribution is 2.34. The van der Waals surface area contributed by atoms with Gasteiger partial charge in [0.25, 0.3) is 5.89 Å². The van der Waals surface area contributed by atoms with Crippen LogP contribution in [0.5, 0.6) is 5.75 Å². The lowest BCUT2D eigenvalue weighted by molar-refractivity contribution is -0.124. The van der Waals surface area contributed by atoms with Gasteiger partial charge in [-0.1, -0.05) is 19.0 Å². The van der Waals surface area contributed by atoms with Crippen LogP contribution in [0.15, 0.2) is 22.0 Å². The van der Waals surface area contributed by atoms with Gasteiger partial charge in [0.15, 0.2) is 0 Å². The molecule has 178 valence electrons. The zero-order valence-electron chi connectivity index (χ0n) is 19.6. The maximum Gasteiger partial charge on any atom is 0.268 e. The van der Waals surface area contributed by atoms with Crippen molar-refractivity contribution in [3.8, 4) is 27.9 Å². The summed E-state index contributed by atoms with van der Waals surface area (Å²) in [6.07, 6.45) is 0.124. The van der Waals surface area contributed by atoms with Crippen molar-refractivity contribution in [1.29, 1.82) is 0 Å². The summed E-state index contributed by atoms with van der Waals surface area (Å²) in [5, 5.41) is 27.5. The Morgan fingerprint density at radius 1 is 1.24 bits per heavy atom. The van der Waals surface area contributed by atoms with E-state index >= 15 is 0 Å². The number of hydrogen-bond acceptors (Lipinski definition) is 8. The Hall–Kier alpha value is -2.75. The molecule has 0 aliphatic carbocycles. The Morgan fingerprint density at radius 2 is 1.94 bits per heavy atom. The number of aromatic nitrogens is 2. The normalized spacial score (nSPS) is 12.2. The van der Waals surface area contributed by atoms with E-state index in [1.165, 1.54) is 11.1 Å². The highest BCUT2D eigenvalue weighted by atomic mass is 32.1. The largest absolute Gasteiger partial charge is 0.490 e. The first-order valence-corrected chi connectivity index (χ1v) is 11.8. The predicted molar refractivity (Wildman–Crippen MR) is 127 cm³/mol. The molecule has 3 aromatic rings. The van der Waals surface area contributed by atoms with Gasteiger partial charge in [0.05, 0.1) is 4.88 Å². The third-order valence-corrected chi connectivity index (χ3v) is 6.33. The van der Waals surface area contributed by atoms with Crippen molar-refractivity contribution in [2.45, 2.75) is 47.1 Å². The summed E-state index contributed by atoms with van der Waals surface area (Å²) in [6.45, 7) is 9.72. The summed E-state index contributed by atoms with van der Waals surface area (Å²) >= 11 is 1.62. The lowest BCUT2D eigenvalue weighted by Crippen LogP contribution is -2.36. The van der Waals surface area contributed by atoms with Crippen LogP contribution < -0.4 is 10.1 Å². The molecule has 2 aromatic heterocycles. The first-order chi connectivity index (χ1) is 15.7. The van der Waals surface area contributed by atoms with Gasteiger partial charge in [0, 0.05) is 12.1 Å². The van der Waals surface area contributed by atoms with Crippen molar-refractivity contribution in [1.82, 2.24) is 15.5 Å². The molecule has 9 heteroatoms. The average molecular weight is 474 g/mol. The second-order valence-electron chi connectivity index (χ2n) is 8.60. The van der Waals surface area contributed by atoms with E-state index in [1.54, 1.807) is 11.3 Å². The van der Waals surface area contributed by atoms with Gasteiger partial charge in [0.1, 0.15) is 25.1 Å². The molecular weight excluding hydrogens is 442 g/mol. The average Bonchev–Trinajstić information content (AvgIpc) is 3.38. The number of thiophene rings is 1. The van der Waals surface area contributed by atoms with Crippen LogP contribution in [0.1, 0.15) is 36.1 Å². The Bertz CT molecular complexity index is 1080. The maximum absolute atomic E-state index is 11.1. The zero-order chi connectivity index (χ0) is 24.1. The van der Waals surface area contributed by atoms with Crippen LogP contribution in [0.3, 0.4) is 0 Å². The van der Waals surface area contributed by atoms with Gasteiger partial charge in [-0.25, -0.2) is 0 Å². The summed E-state index contributed by atoms with van der Waals surface area (Å²) in [4.78, 5) is 16.7. The molecule has 0 aliphatic heterocycles. The minimum atomic E-state index is -0.895. The minimum Gasteiger partial charge on any atom is -0.490 e. The smallest absolute Gasteiger partial charge is 0.268 e. The van der Waals surface area contributed by atoms with Crippen molar-refractivity contribution in [2.24, 2.45) is 5.92 Å². The second-order valence-corrected chi connectivity index (χ2v) is 9.48. The van der Waals surface area contributed by atoms with Gasteiger partial charge >= 0.3 is 0 Å². The molecule has 8 nitrogen and oxygen atoms in total. The van der Waals surface area contributed by atoms with Crippen molar-refractivity contribution in [3.05, 3.63) is 39.8 Å². The number of aliphatic hydroxyl groups is 2. The summed E-state index contributed by atoms with van der Waals surface area (Å²) < 4.78 is 11.4. The number of carbonyl (C=O) groups excluding carboxylic acids is 1. The number of rotatable bonds is 10. The third kappa shape index (κ3) is 6.19. The van der Waals surface area contributed by atoms with Crippen LogP contribution in [0.2, 0.25) is 0 Å². The molecule has 0 unspecified atom stereocenters. The minimum absolute atomic E-state index is 0.00221. The van der Waals surface area contributed by atoms with E-state index in [9.17, 15) is 9.90 Å². The molecule has 1 atom stereocenters. The third-order valence-electron chi connectivity index (χ3n) is 5.21. The summed E-state index contributed by atoms with van der Waals surface area (Å²) in [5.74, 6) is 1.72. The first-order valence-electron chi connectivity index (χ1n) is 10.9. The number of ether oxygens (including phenoxy) is 1. The van der Waals surface area contributed by atoms with Gasteiger partial charge in [-0.2, -0.15) is 4.98 Å². The van der Waals surface area contributed by atoms with Gasteiger partial charge in [-0.3, -0.25) is 4.79 Å². The number of nitrogens with one attached hydrogen (secondary N) is 1. The van der Waals surface area contributed by atoms with E-state index in [0.29, 0.717) is 23.4 Å². The summed E-state index contributed by atoms with van der Waals surface area (Å²) in [6, 6.07) is 3.84. The van der Waals surface area contributed by atoms with Crippen molar-refractivity contribution in [3.63, 3.8) is 0 Å².